The van der Waals surface area contributed by atoms with Crippen LogP contribution in [0.25, 0.3) is 0 Å². The van der Waals surface area contributed by atoms with Crippen LogP contribution in [0.15, 0.2) is 0 Å². The Balaban J connectivity index is 0. The molecule has 0 bridgehead atoms. The summed E-state index contributed by atoms with van der Waals surface area (Å²) in [6.45, 7) is 0. The predicted molar refractivity (Wildman–Crippen MR) is 23.0 cm³/mol. The Morgan fingerprint density at radius 3 is 0.500 bits per heavy atom. The Bertz CT molecular complexity index is 3.25. The summed E-state index contributed by atoms with van der Waals surface area (Å²) in [5.41, 5.74) is 0. The molecule has 0 aromatic carbocycles. The summed E-state index contributed by atoms with van der Waals surface area (Å²) in [6.07, 6.45) is 0. The molecule has 0 aliphatic rings. The van der Waals surface area contributed by atoms with Crippen LogP contribution in [0.2, 0.25) is 0 Å². The van der Waals surface area contributed by atoms with Gasteiger partial charge in [0.15, 0.2) is 0 Å². The van der Waals surface area contributed by atoms with Crippen molar-refractivity contribution in [3.63, 3.8) is 0 Å². The third kappa shape index (κ3) is 9.17. The zero-order chi connectivity index (χ0) is 0. The monoisotopic (exact) mass is 400 g/mol. The molecule has 0 saturated heterocycles. The Labute approximate surface area is 107 Å². The first-order valence-corrected chi connectivity index (χ1v) is 0. The van der Waals surface area contributed by atoms with Crippen LogP contribution < -0.4 is 0 Å². The number of rotatable bonds is 0. The normalized spacial score (nSPS) is 0. The van der Waals surface area contributed by atoms with Gasteiger partial charge in [0, 0.05) is 109 Å². The van der Waals surface area contributed by atoms with E-state index < -0.39 is 0 Å². The van der Waals surface area contributed by atoms with Crippen LogP contribution >= 0.6 is 0 Å². The van der Waals surface area contributed by atoms with Crippen molar-refractivity contribution in [3.05, 3.63) is 0 Å². The van der Waals surface area contributed by atoms with E-state index in [2.05, 4.69) is 0 Å². The smallest absolute Gasteiger partial charge is 0 e. The number of hydrogen-bond acceptors (Lipinski definition) is 0. The van der Waals surface area contributed by atoms with E-state index in [4.69, 9.17) is 0 Å². The van der Waals surface area contributed by atoms with Gasteiger partial charge >= 0.3 is 0 Å². The maximum absolute atomic E-state index is 0. The molecular weight excluding hydrogens is 396 g/mol. The topological polar surface area (TPSA) is 0 Å². The van der Waals surface area contributed by atoms with Gasteiger partial charge in [0.1, 0.15) is 0 Å². The summed E-state index contributed by atoms with van der Waals surface area (Å²) in [5, 5.41) is 0. The van der Waals surface area contributed by atoms with Gasteiger partial charge in [-0.25, -0.2) is 0 Å². The quantitative estimate of drug-likeness (QED) is 0.437. The van der Waals surface area contributed by atoms with Crippen molar-refractivity contribution in [3.8, 4) is 0 Å². The molecule has 0 fully saturated rings. The molecule has 0 unspecified atom stereocenters. The van der Waals surface area contributed by atoms with Crippen molar-refractivity contribution in [1.29, 1.82) is 0 Å². The van der Waals surface area contributed by atoms with Gasteiger partial charge < -0.3 is 0 Å². The van der Waals surface area contributed by atoms with E-state index in [1.807, 2.05) is 0 Å². The molecule has 0 amide bonds. The Kier molecular flexibility index (Phi) is 101. The van der Waals surface area contributed by atoms with E-state index in [0.717, 1.165) is 0 Å². The van der Waals surface area contributed by atoms with Crippen molar-refractivity contribution in [2.45, 2.75) is 0 Å². The van der Waals surface area contributed by atoms with Gasteiger partial charge in [-0.1, -0.05) is 0 Å². The van der Waals surface area contributed by atoms with Gasteiger partial charge in [-0.2, -0.15) is 0 Å². The Morgan fingerprint density at radius 1 is 0.500 bits per heavy atom. The maximum Gasteiger partial charge on any atom is 0 e. The van der Waals surface area contributed by atoms with Crippen LogP contribution in [0.1, 0.15) is 0 Å². The van der Waals surface area contributed by atoms with Crippen molar-refractivity contribution in [1.82, 2.24) is 0 Å². The van der Waals surface area contributed by atoms with Gasteiger partial charge in [0.25, 0.3) is 0 Å². The summed E-state index contributed by atoms with van der Waals surface area (Å²) in [6, 6.07) is 0. The van der Waals surface area contributed by atoms with Gasteiger partial charge in [-0.15, -0.1) is 0 Å². The van der Waals surface area contributed by atoms with E-state index >= 15 is 0 Å². The molecule has 0 saturated carbocycles. The molecule has 14 valence electrons. The molecule has 0 rings (SSSR count). The summed E-state index contributed by atoms with van der Waals surface area (Å²) in [7, 11) is 0. The van der Waals surface area contributed by atoms with Gasteiger partial charge in [-0.3, -0.25) is 0 Å². The molecule has 4 heavy (non-hydrogen) atoms. The minimum absolute atomic E-state index is 0. The molecule has 0 aliphatic heterocycles. The molecule has 0 aromatic heterocycles. The average Bonchev–Trinajstić information content (AvgIpc) is 0. The van der Waals surface area contributed by atoms with E-state index in [9.17, 15) is 0 Å². The van der Waals surface area contributed by atoms with E-state index in [1.165, 1.54) is 0 Å². The minimum Gasteiger partial charge on any atom is 0 e. The minimum atomic E-state index is 0. The summed E-state index contributed by atoms with van der Waals surface area (Å²) in [4.78, 5) is 0. The van der Waals surface area contributed by atoms with Crippen molar-refractivity contribution in [2.24, 2.45) is 0 Å². The van der Waals surface area contributed by atoms with E-state index in [1.54, 1.807) is 0 Å². The van der Waals surface area contributed by atoms with Crippen LogP contribution in [0, 0.1) is 0 Å². The van der Waals surface area contributed by atoms with Crippen LogP contribution in [0.3, 0.4) is 0 Å². The third-order valence-corrected chi connectivity index (χ3v) is 0. The van der Waals surface area contributed by atoms with Crippen LogP contribution in [-0.2, 0) is 0 Å². The van der Waals surface area contributed by atoms with Crippen molar-refractivity contribution < 1.29 is 0 Å². The fourth-order valence-electron chi connectivity index (χ4n) is 0. The van der Waals surface area contributed by atoms with Gasteiger partial charge in [-0.05, 0) is 0 Å². The first-order valence-electron chi connectivity index (χ1n) is 0. The molecule has 0 N–H and O–H groups in total. The molecule has 0 atom stereocenters. The molecule has 14 radical (unpaired) electrons. The molecule has 4 heteroatoms. The predicted octanol–water partition coefficient (Wildman–Crippen LogP) is -1.52. The molecule has 0 nitrogen and oxygen atoms in total. The largest absolute Gasteiger partial charge is 0 e. The van der Waals surface area contributed by atoms with Crippen LogP contribution in [-0.4, -0.2) is 109 Å². The second kappa shape index (κ2) is 15.9. The van der Waals surface area contributed by atoms with Gasteiger partial charge in [0.05, 0.1) is 0 Å². The summed E-state index contributed by atoms with van der Waals surface area (Å²) in [5.74, 6) is 0. The molecule has 0 aromatic rings. The summed E-state index contributed by atoms with van der Waals surface area (Å²) >= 11 is 0. The first-order chi connectivity index (χ1) is 0. The zero-order valence-corrected chi connectivity index (χ0v) is 13.0. The fraction of sp³-hybridized carbons (Fsp3) is 0. The SMILES string of the molecule is [Ca].[Sn].[Sn].[Sn]. The third-order valence-electron chi connectivity index (χ3n) is 0. The fourth-order valence-corrected chi connectivity index (χ4v) is 0. The Hall–Kier alpha value is 3.66. The first kappa shape index (κ1) is 25.4. The molecular formula is CaSn3. The summed E-state index contributed by atoms with van der Waals surface area (Å²) < 4.78 is 0. The van der Waals surface area contributed by atoms with E-state index in [-0.39, 0.29) is 109 Å². The van der Waals surface area contributed by atoms with Crippen LogP contribution in [0.5, 0.6) is 0 Å². The molecule has 0 spiro atoms. The van der Waals surface area contributed by atoms with Gasteiger partial charge in [0.2, 0.25) is 0 Å². The Morgan fingerprint density at radius 2 is 0.500 bits per heavy atom. The second-order valence-corrected chi connectivity index (χ2v) is 0. The maximum atomic E-state index is 0. The van der Waals surface area contributed by atoms with E-state index in [0.29, 0.717) is 0 Å². The number of hydrogen-bond donors (Lipinski definition) is 0. The van der Waals surface area contributed by atoms with Crippen LogP contribution in [0.4, 0.5) is 0 Å². The zero-order valence-electron chi connectivity index (χ0n) is 2.21. The van der Waals surface area contributed by atoms with Crippen molar-refractivity contribution in [2.75, 3.05) is 0 Å². The average molecular weight is 396 g/mol. The standard InChI is InChI=1S/Ca.3Sn. The molecule has 0 aliphatic carbocycles. The molecule has 0 heterocycles. The second-order valence-electron chi connectivity index (χ2n) is 0. The van der Waals surface area contributed by atoms with Crippen molar-refractivity contribution >= 4 is 109 Å².